The minimum absolute atomic E-state index is 0.314. The summed E-state index contributed by atoms with van der Waals surface area (Å²) in [6, 6.07) is 21.3. The molecule has 1 aliphatic rings. The van der Waals surface area contributed by atoms with Crippen LogP contribution in [0.25, 0.3) is 0 Å². The third kappa shape index (κ3) is 4.45. The molecule has 1 heterocycles. The Balaban J connectivity index is 1.69. The third-order valence-electron chi connectivity index (χ3n) is 5.02. The van der Waals surface area contributed by atoms with Crippen LogP contribution in [-0.2, 0) is 4.79 Å². The molecule has 1 saturated heterocycles. The molecule has 126 valence electrons. The lowest BCUT2D eigenvalue weighted by molar-refractivity contribution is -0.138. The van der Waals surface area contributed by atoms with Crippen molar-refractivity contribution in [2.24, 2.45) is 5.92 Å². The number of carbonyl (C=O) groups is 1. The number of likely N-dealkylation sites (tertiary alicyclic amines) is 1. The molecule has 1 N–H and O–H groups in total. The molecule has 2 aromatic rings. The highest BCUT2D eigenvalue weighted by molar-refractivity contribution is 5.67. The minimum atomic E-state index is -0.667. The van der Waals surface area contributed by atoms with Gasteiger partial charge in [-0.1, -0.05) is 60.7 Å². The van der Waals surface area contributed by atoms with Gasteiger partial charge in [0, 0.05) is 18.9 Å². The molecule has 1 aliphatic heterocycles. The first-order valence-corrected chi connectivity index (χ1v) is 8.76. The Labute approximate surface area is 143 Å². The number of nitrogens with zero attached hydrogens (tertiary/aromatic N) is 1. The van der Waals surface area contributed by atoms with Crippen LogP contribution in [0.2, 0.25) is 0 Å². The SMILES string of the molecule is O=C(O)CC1CCN(CC(c2ccccc2)c2ccccc2)CC1. The highest BCUT2D eigenvalue weighted by Gasteiger charge is 2.24. The van der Waals surface area contributed by atoms with Crippen LogP contribution in [0.15, 0.2) is 60.7 Å². The van der Waals surface area contributed by atoms with Gasteiger partial charge in [0.1, 0.15) is 0 Å². The number of benzene rings is 2. The van der Waals surface area contributed by atoms with E-state index in [-0.39, 0.29) is 0 Å². The van der Waals surface area contributed by atoms with E-state index in [1.54, 1.807) is 0 Å². The molecule has 0 aliphatic carbocycles. The first-order valence-electron chi connectivity index (χ1n) is 8.76. The summed E-state index contributed by atoms with van der Waals surface area (Å²) in [6.07, 6.45) is 2.29. The largest absolute Gasteiger partial charge is 0.481 e. The molecule has 0 spiro atoms. The standard InChI is InChI=1S/C21H25NO2/c23-21(24)15-17-11-13-22(14-12-17)16-20(18-7-3-1-4-8-18)19-9-5-2-6-10-19/h1-10,17,20H,11-16H2,(H,23,24). The van der Waals surface area contributed by atoms with Crippen LogP contribution < -0.4 is 0 Å². The van der Waals surface area contributed by atoms with Gasteiger partial charge in [-0.25, -0.2) is 0 Å². The van der Waals surface area contributed by atoms with Crippen molar-refractivity contribution < 1.29 is 9.90 Å². The molecular weight excluding hydrogens is 298 g/mol. The van der Waals surface area contributed by atoms with Crippen LogP contribution in [0.4, 0.5) is 0 Å². The molecule has 2 aromatic carbocycles. The van der Waals surface area contributed by atoms with E-state index in [2.05, 4.69) is 65.6 Å². The average molecular weight is 323 g/mol. The molecule has 3 nitrogen and oxygen atoms in total. The Morgan fingerprint density at radius 2 is 1.46 bits per heavy atom. The molecule has 0 saturated carbocycles. The van der Waals surface area contributed by atoms with Gasteiger partial charge in [-0.15, -0.1) is 0 Å². The summed E-state index contributed by atoms with van der Waals surface area (Å²) in [6.45, 7) is 2.98. The minimum Gasteiger partial charge on any atom is -0.481 e. The highest BCUT2D eigenvalue weighted by Crippen LogP contribution is 2.28. The first-order chi connectivity index (χ1) is 11.7. The summed E-state index contributed by atoms with van der Waals surface area (Å²) >= 11 is 0. The van der Waals surface area contributed by atoms with Crippen molar-refractivity contribution in [3.63, 3.8) is 0 Å². The Kier molecular flexibility index (Phi) is 5.65. The van der Waals surface area contributed by atoms with E-state index in [4.69, 9.17) is 5.11 Å². The van der Waals surface area contributed by atoms with Gasteiger partial charge in [0.2, 0.25) is 0 Å². The Morgan fingerprint density at radius 3 is 1.92 bits per heavy atom. The monoisotopic (exact) mass is 323 g/mol. The van der Waals surface area contributed by atoms with Gasteiger partial charge in [-0.2, -0.15) is 0 Å². The quantitative estimate of drug-likeness (QED) is 0.873. The van der Waals surface area contributed by atoms with Gasteiger partial charge >= 0.3 is 5.97 Å². The Bertz CT molecular complexity index is 594. The van der Waals surface area contributed by atoms with Crippen LogP contribution in [0.1, 0.15) is 36.3 Å². The lowest BCUT2D eigenvalue weighted by Crippen LogP contribution is -2.37. The zero-order chi connectivity index (χ0) is 16.8. The van der Waals surface area contributed by atoms with Crippen molar-refractivity contribution in [3.05, 3.63) is 71.8 Å². The molecule has 0 unspecified atom stereocenters. The number of carboxylic acids is 1. The highest BCUT2D eigenvalue weighted by atomic mass is 16.4. The van der Waals surface area contributed by atoms with Crippen molar-refractivity contribution in [1.82, 2.24) is 4.90 Å². The van der Waals surface area contributed by atoms with E-state index in [1.165, 1.54) is 11.1 Å². The summed E-state index contributed by atoms with van der Waals surface area (Å²) < 4.78 is 0. The molecule has 3 rings (SSSR count). The zero-order valence-corrected chi connectivity index (χ0v) is 14.0. The maximum Gasteiger partial charge on any atom is 0.303 e. The van der Waals surface area contributed by atoms with Crippen molar-refractivity contribution in [2.75, 3.05) is 19.6 Å². The van der Waals surface area contributed by atoms with E-state index >= 15 is 0 Å². The number of carboxylic acid groups (broad SMARTS) is 1. The molecule has 0 aromatic heterocycles. The molecule has 24 heavy (non-hydrogen) atoms. The van der Waals surface area contributed by atoms with Gasteiger partial charge in [-0.05, 0) is 43.0 Å². The number of hydrogen-bond acceptors (Lipinski definition) is 2. The van der Waals surface area contributed by atoms with Crippen LogP contribution >= 0.6 is 0 Å². The van der Waals surface area contributed by atoms with Gasteiger partial charge in [-0.3, -0.25) is 4.79 Å². The van der Waals surface area contributed by atoms with Crippen LogP contribution in [0, 0.1) is 5.92 Å². The second-order valence-corrected chi connectivity index (χ2v) is 6.72. The summed E-state index contributed by atoms with van der Waals surface area (Å²) in [5, 5.41) is 8.96. The van der Waals surface area contributed by atoms with Crippen molar-refractivity contribution >= 4 is 5.97 Å². The molecule has 0 amide bonds. The van der Waals surface area contributed by atoms with E-state index in [0.29, 0.717) is 18.3 Å². The Hall–Kier alpha value is -2.13. The van der Waals surface area contributed by atoms with E-state index in [9.17, 15) is 4.79 Å². The maximum absolute atomic E-state index is 10.9. The Morgan fingerprint density at radius 1 is 0.958 bits per heavy atom. The summed E-state index contributed by atoms with van der Waals surface area (Å²) in [5.41, 5.74) is 2.69. The first kappa shape index (κ1) is 16.7. The zero-order valence-electron chi connectivity index (χ0n) is 14.0. The predicted molar refractivity (Wildman–Crippen MR) is 96.1 cm³/mol. The van der Waals surface area contributed by atoms with E-state index in [1.807, 2.05) is 0 Å². The van der Waals surface area contributed by atoms with Crippen molar-refractivity contribution in [3.8, 4) is 0 Å². The predicted octanol–water partition coefficient (Wildman–Crippen LogP) is 4.01. The molecule has 3 heteroatoms. The molecule has 0 atom stereocenters. The molecule has 0 radical (unpaired) electrons. The second kappa shape index (κ2) is 8.11. The number of rotatable bonds is 6. The summed E-state index contributed by atoms with van der Waals surface area (Å²) in [7, 11) is 0. The number of piperidine rings is 1. The average Bonchev–Trinajstić information content (AvgIpc) is 2.62. The molecule has 1 fully saturated rings. The smallest absolute Gasteiger partial charge is 0.303 e. The number of hydrogen-bond donors (Lipinski definition) is 1. The fourth-order valence-electron chi connectivity index (χ4n) is 3.65. The van der Waals surface area contributed by atoms with Gasteiger partial charge in [0.05, 0.1) is 0 Å². The fraction of sp³-hybridized carbons (Fsp3) is 0.381. The third-order valence-corrected chi connectivity index (χ3v) is 5.02. The fourth-order valence-corrected chi connectivity index (χ4v) is 3.65. The molecular formula is C21H25NO2. The summed E-state index contributed by atoms with van der Waals surface area (Å²) in [4.78, 5) is 13.4. The van der Waals surface area contributed by atoms with Crippen LogP contribution in [0.3, 0.4) is 0 Å². The summed E-state index contributed by atoms with van der Waals surface area (Å²) in [5.74, 6) is 0.0361. The topological polar surface area (TPSA) is 40.5 Å². The second-order valence-electron chi connectivity index (χ2n) is 6.72. The van der Waals surface area contributed by atoms with Gasteiger partial charge < -0.3 is 10.0 Å². The normalized spacial score (nSPS) is 16.4. The molecule has 0 bridgehead atoms. The lowest BCUT2D eigenvalue weighted by atomic mass is 9.88. The van der Waals surface area contributed by atoms with Gasteiger partial charge in [0.25, 0.3) is 0 Å². The van der Waals surface area contributed by atoms with Crippen molar-refractivity contribution in [2.45, 2.75) is 25.2 Å². The van der Waals surface area contributed by atoms with E-state index < -0.39 is 5.97 Å². The van der Waals surface area contributed by atoms with Crippen LogP contribution in [0.5, 0.6) is 0 Å². The van der Waals surface area contributed by atoms with Gasteiger partial charge in [0.15, 0.2) is 0 Å². The maximum atomic E-state index is 10.9. The lowest BCUT2D eigenvalue weighted by Gasteiger charge is -2.34. The van der Waals surface area contributed by atoms with E-state index in [0.717, 1.165) is 32.5 Å². The van der Waals surface area contributed by atoms with Crippen molar-refractivity contribution in [1.29, 1.82) is 0 Å². The van der Waals surface area contributed by atoms with Crippen LogP contribution in [-0.4, -0.2) is 35.6 Å². The number of aliphatic carboxylic acids is 1.